The molecule has 1 saturated heterocycles. The number of piperidine rings is 1. The van der Waals surface area contributed by atoms with Gasteiger partial charge in [0, 0.05) is 32.0 Å². The minimum atomic E-state index is -0.220. The molecule has 0 aliphatic carbocycles. The smallest absolute Gasteiger partial charge is 0.255 e. The topological polar surface area (TPSA) is 71.5 Å². The number of ether oxygens (including phenoxy) is 1. The summed E-state index contributed by atoms with van der Waals surface area (Å²) in [6.07, 6.45) is 5.92. The lowest BCUT2D eigenvalue weighted by Crippen LogP contribution is -2.39. The van der Waals surface area contributed by atoms with Crippen LogP contribution in [-0.2, 0) is 6.42 Å². The first-order valence-electron chi connectivity index (χ1n) is 9.72. The second-order valence-electron chi connectivity index (χ2n) is 7.31. The lowest BCUT2D eigenvalue weighted by atomic mass is 9.99. The van der Waals surface area contributed by atoms with Crippen molar-refractivity contribution in [2.45, 2.75) is 26.2 Å². The number of likely N-dealkylation sites (tertiary alicyclic amines) is 1. The summed E-state index contributed by atoms with van der Waals surface area (Å²) in [5.74, 6) is 1.05. The first-order chi connectivity index (χ1) is 13.6. The number of benzene rings is 1. The molecule has 6 nitrogen and oxygen atoms in total. The molecule has 2 aromatic rings. The summed E-state index contributed by atoms with van der Waals surface area (Å²) in [7, 11) is 1.63. The molecule has 1 fully saturated rings. The Morgan fingerprint density at radius 3 is 2.68 bits per heavy atom. The van der Waals surface area contributed by atoms with E-state index in [0.717, 1.165) is 37.2 Å². The highest BCUT2D eigenvalue weighted by molar-refractivity contribution is 5.99. The highest BCUT2D eigenvalue weighted by atomic mass is 16.5. The fourth-order valence-corrected chi connectivity index (χ4v) is 3.45. The minimum Gasteiger partial charge on any atom is -0.497 e. The zero-order valence-electron chi connectivity index (χ0n) is 16.5. The van der Waals surface area contributed by atoms with Crippen LogP contribution < -0.4 is 10.1 Å². The number of hydrogen-bond donors (Lipinski definition) is 1. The number of carbonyl (C=O) groups is 2. The second-order valence-corrected chi connectivity index (χ2v) is 7.31. The van der Waals surface area contributed by atoms with Crippen molar-refractivity contribution in [3.63, 3.8) is 0 Å². The zero-order valence-corrected chi connectivity index (χ0v) is 16.5. The molecule has 1 aromatic heterocycles. The van der Waals surface area contributed by atoms with E-state index >= 15 is 0 Å². The van der Waals surface area contributed by atoms with Crippen LogP contribution in [0, 0.1) is 5.92 Å². The van der Waals surface area contributed by atoms with Crippen LogP contribution in [0.3, 0.4) is 0 Å². The summed E-state index contributed by atoms with van der Waals surface area (Å²) >= 11 is 0. The molecular formula is C22H27N3O3. The number of carbonyl (C=O) groups excluding carboxylic acids is 2. The highest BCUT2D eigenvalue weighted by Crippen LogP contribution is 2.18. The Balaban J connectivity index is 1.56. The van der Waals surface area contributed by atoms with Gasteiger partial charge in [-0.3, -0.25) is 14.6 Å². The molecule has 2 amide bonds. The molecule has 1 aliphatic heterocycles. The van der Waals surface area contributed by atoms with Crippen molar-refractivity contribution in [1.29, 1.82) is 0 Å². The summed E-state index contributed by atoms with van der Waals surface area (Å²) in [6, 6.07) is 9.39. The van der Waals surface area contributed by atoms with E-state index in [2.05, 4.69) is 17.2 Å². The number of nitrogens with one attached hydrogen (secondary N) is 1. The molecule has 1 atom stereocenters. The fraction of sp³-hybridized carbons (Fsp3) is 0.409. The highest BCUT2D eigenvalue weighted by Gasteiger charge is 2.22. The molecular weight excluding hydrogens is 354 g/mol. The van der Waals surface area contributed by atoms with Crippen LogP contribution >= 0.6 is 0 Å². The third-order valence-corrected chi connectivity index (χ3v) is 5.05. The van der Waals surface area contributed by atoms with Gasteiger partial charge in [0.1, 0.15) is 5.75 Å². The first-order valence-corrected chi connectivity index (χ1v) is 9.72. The van der Waals surface area contributed by atoms with Crippen LogP contribution in [-0.4, -0.2) is 48.4 Å². The molecule has 1 aromatic carbocycles. The summed E-state index contributed by atoms with van der Waals surface area (Å²) in [5, 5.41) is 2.89. The standard InChI is InChI=1S/C22H27N3O3/c1-16-4-3-11-25(15-16)22(27)19-12-18(13-23-14-19)21(26)24-10-9-17-5-7-20(28-2)8-6-17/h5-8,12-14,16H,3-4,9-11,15H2,1-2H3,(H,24,26). The Hall–Kier alpha value is -2.89. The molecule has 28 heavy (non-hydrogen) atoms. The number of amides is 2. The van der Waals surface area contributed by atoms with Crippen LogP contribution in [0.4, 0.5) is 0 Å². The third-order valence-electron chi connectivity index (χ3n) is 5.05. The lowest BCUT2D eigenvalue weighted by molar-refractivity contribution is 0.0682. The quantitative estimate of drug-likeness (QED) is 0.835. The van der Waals surface area contributed by atoms with Gasteiger partial charge in [-0.15, -0.1) is 0 Å². The zero-order chi connectivity index (χ0) is 19.9. The fourth-order valence-electron chi connectivity index (χ4n) is 3.45. The maximum absolute atomic E-state index is 12.7. The maximum Gasteiger partial charge on any atom is 0.255 e. The molecule has 148 valence electrons. The minimum absolute atomic E-state index is 0.0491. The molecule has 3 rings (SSSR count). The number of rotatable bonds is 6. The largest absolute Gasteiger partial charge is 0.497 e. The molecule has 0 spiro atoms. The Labute approximate surface area is 165 Å². The predicted molar refractivity (Wildman–Crippen MR) is 108 cm³/mol. The van der Waals surface area contributed by atoms with Gasteiger partial charge < -0.3 is 15.0 Å². The van der Waals surface area contributed by atoms with Gasteiger partial charge in [-0.25, -0.2) is 0 Å². The van der Waals surface area contributed by atoms with E-state index in [-0.39, 0.29) is 11.8 Å². The molecule has 1 N–H and O–H groups in total. The van der Waals surface area contributed by atoms with Crippen molar-refractivity contribution in [2.24, 2.45) is 5.92 Å². The van der Waals surface area contributed by atoms with Crippen molar-refractivity contribution < 1.29 is 14.3 Å². The van der Waals surface area contributed by atoms with Gasteiger partial charge in [0.2, 0.25) is 0 Å². The normalized spacial score (nSPS) is 16.5. The van der Waals surface area contributed by atoms with Crippen molar-refractivity contribution in [3.8, 4) is 5.75 Å². The van der Waals surface area contributed by atoms with Crippen LogP contribution in [0.2, 0.25) is 0 Å². The summed E-state index contributed by atoms with van der Waals surface area (Å²) in [4.78, 5) is 31.1. The summed E-state index contributed by atoms with van der Waals surface area (Å²) in [6.45, 7) is 4.19. The molecule has 0 radical (unpaired) electrons. The van der Waals surface area contributed by atoms with Crippen molar-refractivity contribution in [3.05, 3.63) is 59.4 Å². The first kappa shape index (κ1) is 19.9. The Morgan fingerprint density at radius 1 is 1.21 bits per heavy atom. The van der Waals surface area contributed by atoms with E-state index in [9.17, 15) is 9.59 Å². The van der Waals surface area contributed by atoms with Gasteiger partial charge in [0.05, 0.1) is 18.2 Å². The number of pyridine rings is 1. The number of methoxy groups -OCH3 is 1. The Kier molecular flexibility index (Phi) is 6.63. The van der Waals surface area contributed by atoms with E-state index < -0.39 is 0 Å². The summed E-state index contributed by atoms with van der Waals surface area (Å²) in [5.41, 5.74) is 1.99. The number of aromatic nitrogens is 1. The van der Waals surface area contributed by atoms with Crippen LogP contribution in [0.15, 0.2) is 42.7 Å². The summed E-state index contributed by atoms with van der Waals surface area (Å²) < 4.78 is 5.14. The molecule has 0 saturated carbocycles. The van der Waals surface area contributed by atoms with Gasteiger partial charge in [0.15, 0.2) is 0 Å². The van der Waals surface area contributed by atoms with E-state index in [0.29, 0.717) is 30.0 Å². The van der Waals surface area contributed by atoms with Gasteiger partial charge in [-0.1, -0.05) is 19.1 Å². The SMILES string of the molecule is COc1ccc(CCNC(=O)c2cncc(C(=O)N3CCCC(C)C3)c2)cc1. The van der Waals surface area contributed by atoms with Crippen molar-refractivity contribution in [2.75, 3.05) is 26.7 Å². The average Bonchev–Trinajstić information content (AvgIpc) is 2.73. The van der Waals surface area contributed by atoms with Gasteiger partial charge in [-0.2, -0.15) is 0 Å². The molecule has 0 bridgehead atoms. The van der Waals surface area contributed by atoms with Crippen LogP contribution in [0.25, 0.3) is 0 Å². The maximum atomic E-state index is 12.7. The van der Waals surface area contributed by atoms with E-state index in [1.54, 1.807) is 13.2 Å². The van der Waals surface area contributed by atoms with E-state index in [1.807, 2.05) is 29.2 Å². The van der Waals surface area contributed by atoms with Gasteiger partial charge in [-0.05, 0) is 48.9 Å². The lowest BCUT2D eigenvalue weighted by Gasteiger charge is -2.30. The molecule has 2 heterocycles. The van der Waals surface area contributed by atoms with E-state index in [1.165, 1.54) is 12.4 Å². The van der Waals surface area contributed by atoms with E-state index in [4.69, 9.17) is 4.74 Å². The van der Waals surface area contributed by atoms with Crippen molar-refractivity contribution >= 4 is 11.8 Å². The predicted octanol–water partition coefficient (Wildman–Crippen LogP) is 2.93. The van der Waals surface area contributed by atoms with Crippen LogP contribution in [0.1, 0.15) is 46.0 Å². The Morgan fingerprint density at radius 2 is 1.96 bits per heavy atom. The third kappa shape index (κ3) is 5.09. The monoisotopic (exact) mass is 381 g/mol. The van der Waals surface area contributed by atoms with Gasteiger partial charge >= 0.3 is 0 Å². The second kappa shape index (κ2) is 9.35. The number of hydrogen-bond acceptors (Lipinski definition) is 4. The van der Waals surface area contributed by atoms with Crippen LogP contribution in [0.5, 0.6) is 5.75 Å². The van der Waals surface area contributed by atoms with Gasteiger partial charge in [0.25, 0.3) is 11.8 Å². The van der Waals surface area contributed by atoms with Crippen molar-refractivity contribution in [1.82, 2.24) is 15.2 Å². The molecule has 1 unspecified atom stereocenters. The Bertz CT molecular complexity index is 820. The number of nitrogens with zero attached hydrogens (tertiary/aromatic N) is 2. The molecule has 6 heteroatoms. The molecule has 1 aliphatic rings. The average molecular weight is 381 g/mol.